The minimum Gasteiger partial charge on any atom is -0.456 e. The van der Waals surface area contributed by atoms with Crippen molar-refractivity contribution in [2.75, 3.05) is 0 Å². The van der Waals surface area contributed by atoms with E-state index in [1.165, 1.54) is 68.9 Å². The number of benzene rings is 5. The number of hydrogen-bond donors (Lipinski definition) is 0. The molecule has 0 aliphatic heterocycles. The van der Waals surface area contributed by atoms with Gasteiger partial charge in [-0.2, -0.15) is 0 Å². The van der Waals surface area contributed by atoms with E-state index >= 15 is 0 Å². The third-order valence-corrected chi connectivity index (χ3v) is 8.68. The summed E-state index contributed by atoms with van der Waals surface area (Å²) in [5.74, 6) is 0. The number of furan rings is 1. The molecule has 4 heterocycles. The van der Waals surface area contributed by atoms with Gasteiger partial charge in [-0.25, -0.2) is 0 Å². The standard InChI is InChI=1S/C32H17NOS/c1-2-8-19-18(7-1)17-33-27-14-25-21-10-4-6-12-30(21)35-31(25)16-23(27)22-13-24-20-9-3-5-11-28(20)34-29(24)15-26(22)32(19)33/h1-17H. The summed E-state index contributed by atoms with van der Waals surface area (Å²) >= 11 is 1.88. The van der Waals surface area contributed by atoms with Crippen molar-refractivity contribution in [3.8, 4) is 0 Å². The molecule has 9 rings (SSSR count). The Hall–Kier alpha value is -4.34. The van der Waals surface area contributed by atoms with Gasteiger partial charge in [0.1, 0.15) is 11.2 Å². The number of rotatable bonds is 0. The molecule has 0 bridgehead atoms. The largest absolute Gasteiger partial charge is 0.456 e. The Kier molecular flexibility index (Phi) is 3.20. The maximum absolute atomic E-state index is 6.31. The van der Waals surface area contributed by atoms with Crippen molar-refractivity contribution in [2.24, 2.45) is 0 Å². The number of hydrogen-bond acceptors (Lipinski definition) is 2. The van der Waals surface area contributed by atoms with Gasteiger partial charge in [-0.1, -0.05) is 60.7 Å². The fraction of sp³-hybridized carbons (Fsp3) is 0. The van der Waals surface area contributed by atoms with E-state index in [-0.39, 0.29) is 0 Å². The molecule has 0 fully saturated rings. The van der Waals surface area contributed by atoms with Crippen LogP contribution in [0.5, 0.6) is 0 Å². The van der Waals surface area contributed by atoms with Crippen molar-refractivity contribution >= 4 is 91.4 Å². The summed E-state index contributed by atoms with van der Waals surface area (Å²) < 4.78 is 11.4. The predicted molar refractivity (Wildman–Crippen MR) is 150 cm³/mol. The molecule has 0 saturated heterocycles. The van der Waals surface area contributed by atoms with Crippen LogP contribution >= 0.6 is 11.3 Å². The van der Waals surface area contributed by atoms with Crippen LogP contribution in [0.1, 0.15) is 0 Å². The molecule has 162 valence electrons. The minimum atomic E-state index is 0.935. The molecule has 0 N–H and O–H groups in total. The minimum absolute atomic E-state index is 0.935. The maximum atomic E-state index is 6.31. The van der Waals surface area contributed by atoms with Gasteiger partial charge in [0.05, 0.1) is 11.0 Å². The second kappa shape index (κ2) is 6.21. The Morgan fingerprint density at radius 2 is 1.31 bits per heavy atom. The number of para-hydroxylation sites is 1. The second-order valence-corrected chi connectivity index (χ2v) is 10.5. The third kappa shape index (κ3) is 2.24. The molecule has 0 unspecified atom stereocenters. The number of aromatic nitrogens is 1. The van der Waals surface area contributed by atoms with Gasteiger partial charge in [0, 0.05) is 58.7 Å². The molecule has 5 aromatic carbocycles. The van der Waals surface area contributed by atoms with E-state index in [1.54, 1.807) is 0 Å². The van der Waals surface area contributed by atoms with Gasteiger partial charge >= 0.3 is 0 Å². The monoisotopic (exact) mass is 463 g/mol. The molecule has 9 aromatic rings. The number of pyridine rings is 1. The highest BCUT2D eigenvalue weighted by Crippen LogP contribution is 2.43. The summed E-state index contributed by atoms with van der Waals surface area (Å²) in [6.45, 7) is 0. The van der Waals surface area contributed by atoms with Crippen molar-refractivity contribution in [3.63, 3.8) is 0 Å². The van der Waals surface area contributed by atoms with Gasteiger partial charge in [-0.05, 0) is 41.8 Å². The lowest BCUT2D eigenvalue weighted by molar-refractivity contribution is 0.669. The van der Waals surface area contributed by atoms with Crippen LogP contribution in [0.2, 0.25) is 0 Å². The molecule has 0 spiro atoms. The van der Waals surface area contributed by atoms with Crippen molar-refractivity contribution in [1.82, 2.24) is 4.40 Å². The smallest absolute Gasteiger partial charge is 0.136 e. The van der Waals surface area contributed by atoms with Crippen molar-refractivity contribution in [1.29, 1.82) is 0 Å². The van der Waals surface area contributed by atoms with Crippen LogP contribution in [0.4, 0.5) is 0 Å². The zero-order valence-corrected chi connectivity index (χ0v) is 19.4. The lowest BCUT2D eigenvalue weighted by atomic mass is 9.99. The summed E-state index contributed by atoms with van der Waals surface area (Å²) in [5, 5.41) is 11.3. The van der Waals surface area contributed by atoms with E-state index in [9.17, 15) is 0 Å². The first-order valence-corrected chi connectivity index (χ1v) is 12.7. The first-order chi connectivity index (χ1) is 17.3. The summed E-state index contributed by atoms with van der Waals surface area (Å²) in [7, 11) is 0. The third-order valence-electron chi connectivity index (χ3n) is 7.54. The summed E-state index contributed by atoms with van der Waals surface area (Å²) in [6, 6.07) is 35.2. The van der Waals surface area contributed by atoms with Crippen LogP contribution in [0.15, 0.2) is 108 Å². The summed E-state index contributed by atoms with van der Waals surface area (Å²) in [5.41, 5.74) is 4.36. The van der Waals surface area contributed by atoms with Gasteiger partial charge in [0.15, 0.2) is 0 Å². The molecule has 0 radical (unpaired) electrons. The molecule has 0 aliphatic carbocycles. The summed E-state index contributed by atoms with van der Waals surface area (Å²) in [4.78, 5) is 0. The van der Waals surface area contributed by atoms with E-state index in [2.05, 4.69) is 102 Å². The zero-order valence-electron chi connectivity index (χ0n) is 18.6. The molecular formula is C32H17NOS. The SMILES string of the molecule is c1ccc2c(c1)cn1c3cc4c(cc3c3cc5c(cc3c21)oc1ccccc15)sc1ccccc14. The van der Waals surface area contributed by atoms with Crippen LogP contribution in [-0.2, 0) is 0 Å². The molecule has 0 amide bonds. The van der Waals surface area contributed by atoms with E-state index in [4.69, 9.17) is 4.42 Å². The fourth-order valence-electron chi connectivity index (χ4n) is 5.99. The van der Waals surface area contributed by atoms with Gasteiger partial charge in [-0.15, -0.1) is 11.3 Å². The highest BCUT2D eigenvalue weighted by atomic mass is 32.1. The average molecular weight is 464 g/mol. The van der Waals surface area contributed by atoms with Gasteiger partial charge < -0.3 is 8.82 Å². The van der Waals surface area contributed by atoms with Gasteiger partial charge in [0.25, 0.3) is 0 Å². The average Bonchev–Trinajstić information content (AvgIpc) is 3.57. The zero-order chi connectivity index (χ0) is 22.7. The highest BCUT2D eigenvalue weighted by Gasteiger charge is 2.17. The van der Waals surface area contributed by atoms with Crippen molar-refractivity contribution in [2.45, 2.75) is 0 Å². The van der Waals surface area contributed by atoms with Crippen molar-refractivity contribution < 1.29 is 4.42 Å². The molecule has 0 atom stereocenters. The van der Waals surface area contributed by atoms with E-state index in [0.717, 1.165) is 11.2 Å². The number of thiophene rings is 1. The molecule has 0 aliphatic rings. The van der Waals surface area contributed by atoms with Gasteiger partial charge in [-0.3, -0.25) is 0 Å². The Bertz CT molecular complexity index is 2330. The quantitative estimate of drug-likeness (QED) is 0.205. The fourth-order valence-corrected chi connectivity index (χ4v) is 7.12. The molecule has 0 saturated carbocycles. The lowest BCUT2D eigenvalue weighted by Gasteiger charge is -2.11. The van der Waals surface area contributed by atoms with Crippen molar-refractivity contribution in [3.05, 3.63) is 103 Å². The molecule has 2 nitrogen and oxygen atoms in total. The number of fused-ring (bicyclic) bond motifs is 14. The second-order valence-electron chi connectivity index (χ2n) is 9.39. The normalized spacial score (nSPS) is 12.6. The first kappa shape index (κ1) is 18.0. The maximum Gasteiger partial charge on any atom is 0.136 e. The van der Waals surface area contributed by atoms with E-state index < -0.39 is 0 Å². The van der Waals surface area contributed by atoms with Crippen LogP contribution in [0.25, 0.3) is 80.1 Å². The Morgan fingerprint density at radius 1 is 0.514 bits per heavy atom. The van der Waals surface area contributed by atoms with Crippen LogP contribution in [0, 0.1) is 0 Å². The van der Waals surface area contributed by atoms with E-state index in [1.807, 2.05) is 17.4 Å². The Balaban J connectivity index is 1.60. The summed E-state index contributed by atoms with van der Waals surface area (Å²) in [6.07, 6.45) is 2.29. The number of nitrogens with zero attached hydrogens (tertiary/aromatic N) is 1. The molecule has 3 heteroatoms. The topological polar surface area (TPSA) is 17.6 Å². The molecule has 4 aromatic heterocycles. The Labute approximate surface area is 203 Å². The molecule has 35 heavy (non-hydrogen) atoms. The first-order valence-electron chi connectivity index (χ1n) is 11.9. The highest BCUT2D eigenvalue weighted by molar-refractivity contribution is 7.25. The van der Waals surface area contributed by atoms with Crippen LogP contribution in [0.3, 0.4) is 0 Å². The lowest BCUT2D eigenvalue weighted by Crippen LogP contribution is -1.90. The molecular weight excluding hydrogens is 446 g/mol. The predicted octanol–water partition coefficient (Wildman–Crippen LogP) is 9.67. The van der Waals surface area contributed by atoms with Crippen LogP contribution < -0.4 is 0 Å². The van der Waals surface area contributed by atoms with E-state index in [0.29, 0.717) is 0 Å². The van der Waals surface area contributed by atoms with Crippen LogP contribution in [-0.4, -0.2) is 4.40 Å². The Morgan fingerprint density at radius 3 is 2.26 bits per heavy atom. The van der Waals surface area contributed by atoms with Gasteiger partial charge in [0.2, 0.25) is 0 Å².